The summed E-state index contributed by atoms with van der Waals surface area (Å²) in [6, 6.07) is 2.14. The Kier molecular flexibility index (Phi) is 4.97. The van der Waals surface area contributed by atoms with Gasteiger partial charge in [0, 0.05) is 0 Å². The smallest absolute Gasteiger partial charge is 0.328 e. The molecule has 0 aliphatic rings. The number of benzene rings is 1. The second kappa shape index (κ2) is 6.26. The van der Waals surface area contributed by atoms with Crippen LogP contribution in [0.4, 0.5) is 8.78 Å². The molecular formula is C13H15F2NO3. The summed E-state index contributed by atoms with van der Waals surface area (Å²) in [6.07, 6.45) is 0. The SMILES string of the molecule is COC(=O)[C@H](NC(=O)c1c(F)cccc1F)C(C)C. The Balaban J connectivity index is 2.98. The lowest BCUT2D eigenvalue weighted by atomic mass is 10.0. The van der Waals surface area contributed by atoms with E-state index in [1.165, 1.54) is 7.11 Å². The minimum Gasteiger partial charge on any atom is -0.467 e. The molecule has 104 valence electrons. The van der Waals surface area contributed by atoms with Crippen LogP contribution in [0, 0.1) is 17.6 Å². The first-order chi connectivity index (χ1) is 8.88. The Hall–Kier alpha value is -1.98. The van der Waals surface area contributed by atoms with E-state index < -0.39 is 35.1 Å². The molecule has 4 nitrogen and oxygen atoms in total. The zero-order valence-corrected chi connectivity index (χ0v) is 10.9. The molecule has 0 heterocycles. The number of nitrogens with one attached hydrogen (secondary N) is 1. The van der Waals surface area contributed by atoms with Gasteiger partial charge in [0.05, 0.1) is 7.11 Å². The average Bonchev–Trinajstić information content (AvgIpc) is 2.34. The molecule has 0 spiro atoms. The van der Waals surface area contributed by atoms with Gasteiger partial charge in [-0.15, -0.1) is 0 Å². The van der Waals surface area contributed by atoms with Crippen LogP contribution in [0.3, 0.4) is 0 Å². The Morgan fingerprint density at radius 2 is 1.74 bits per heavy atom. The van der Waals surface area contributed by atoms with Crippen LogP contribution >= 0.6 is 0 Å². The van der Waals surface area contributed by atoms with Crippen LogP contribution in [0.2, 0.25) is 0 Å². The van der Waals surface area contributed by atoms with Gasteiger partial charge in [0.15, 0.2) is 0 Å². The van der Waals surface area contributed by atoms with Crippen molar-refractivity contribution in [2.24, 2.45) is 5.92 Å². The fourth-order valence-electron chi connectivity index (χ4n) is 1.55. The number of halogens is 2. The van der Waals surface area contributed by atoms with Crippen LogP contribution in [0.25, 0.3) is 0 Å². The van der Waals surface area contributed by atoms with Gasteiger partial charge in [0.1, 0.15) is 23.2 Å². The Labute approximate surface area is 109 Å². The summed E-state index contributed by atoms with van der Waals surface area (Å²) in [7, 11) is 1.17. The standard InChI is InChI=1S/C13H15F2NO3/c1-7(2)11(13(18)19-3)16-12(17)10-8(14)5-4-6-9(10)15/h4-7,11H,1-3H3,(H,16,17)/t11-/m1/s1. The normalized spacial score (nSPS) is 12.1. The number of esters is 1. The van der Waals surface area contributed by atoms with E-state index in [-0.39, 0.29) is 5.92 Å². The lowest BCUT2D eigenvalue weighted by Crippen LogP contribution is -2.45. The number of hydrogen-bond donors (Lipinski definition) is 1. The van der Waals surface area contributed by atoms with Crippen LogP contribution in [0.1, 0.15) is 24.2 Å². The number of ether oxygens (including phenoxy) is 1. The van der Waals surface area contributed by atoms with Gasteiger partial charge in [0.25, 0.3) is 5.91 Å². The van der Waals surface area contributed by atoms with E-state index >= 15 is 0 Å². The molecule has 1 atom stereocenters. The highest BCUT2D eigenvalue weighted by Gasteiger charge is 2.27. The van der Waals surface area contributed by atoms with Crippen molar-refractivity contribution in [2.45, 2.75) is 19.9 Å². The van der Waals surface area contributed by atoms with Gasteiger partial charge in [-0.1, -0.05) is 19.9 Å². The minimum absolute atomic E-state index is 0.272. The summed E-state index contributed by atoms with van der Waals surface area (Å²) in [4.78, 5) is 23.3. The van der Waals surface area contributed by atoms with E-state index in [0.29, 0.717) is 0 Å². The molecule has 6 heteroatoms. The highest BCUT2D eigenvalue weighted by Crippen LogP contribution is 2.13. The number of carbonyl (C=O) groups excluding carboxylic acids is 2. The zero-order valence-electron chi connectivity index (χ0n) is 10.9. The number of methoxy groups -OCH3 is 1. The van der Waals surface area contributed by atoms with Crippen molar-refractivity contribution in [2.75, 3.05) is 7.11 Å². The van der Waals surface area contributed by atoms with E-state index in [2.05, 4.69) is 10.1 Å². The number of carbonyl (C=O) groups is 2. The van der Waals surface area contributed by atoms with Crippen molar-refractivity contribution < 1.29 is 23.1 Å². The maximum atomic E-state index is 13.4. The monoisotopic (exact) mass is 271 g/mol. The van der Waals surface area contributed by atoms with Crippen LogP contribution in [-0.2, 0) is 9.53 Å². The quantitative estimate of drug-likeness (QED) is 0.851. The number of amides is 1. The summed E-state index contributed by atoms with van der Waals surface area (Å²) >= 11 is 0. The molecular weight excluding hydrogens is 256 g/mol. The van der Waals surface area contributed by atoms with Crippen molar-refractivity contribution in [3.63, 3.8) is 0 Å². The predicted octanol–water partition coefficient (Wildman–Crippen LogP) is 1.89. The number of rotatable bonds is 4. The second-order valence-corrected chi connectivity index (χ2v) is 4.31. The molecule has 0 aliphatic carbocycles. The minimum atomic E-state index is -0.986. The molecule has 0 bridgehead atoms. The lowest BCUT2D eigenvalue weighted by molar-refractivity contribution is -0.144. The van der Waals surface area contributed by atoms with Crippen molar-refractivity contribution in [3.05, 3.63) is 35.4 Å². The maximum absolute atomic E-state index is 13.4. The fraction of sp³-hybridized carbons (Fsp3) is 0.385. The third-order valence-corrected chi connectivity index (χ3v) is 2.60. The first kappa shape index (κ1) is 15.1. The molecule has 1 amide bonds. The van der Waals surface area contributed by atoms with E-state index in [0.717, 1.165) is 18.2 Å². The molecule has 0 saturated carbocycles. The van der Waals surface area contributed by atoms with Crippen LogP contribution in [0.15, 0.2) is 18.2 Å². The summed E-state index contributed by atoms with van der Waals surface area (Å²) < 4.78 is 31.4. The van der Waals surface area contributed by atoms with E-state index in [9.17, 15) is 18.4 Å². The third-order valence-electron chi connectivity index (χ3n) is 2.60. The highest BCUT2D eigenvalue weighted by atomic mass is 19.1. The van der Waals surface area contributed by atoms with Gasteiger partial charge in [-0.3, -0.25) is 4.79 Å². The van der Waals surface area contributed by atoms with E-state index in [4.69, 9.17) is 0 Å². The molecule has 0 saturated heterocycles. The van der Waals surface area contributed by atoms with Crippen LogP contribution < -0.4 is 5.32 Å². The van der Waals surface area contributed by atoms with Crippen molar-refractivity contribution in [3.8, 4) is 0 Å². The van der Waals surface area contributed by atoms with Gasteiger partial charge in [-0.05, 0) is 18.1 Å². The van der Waals surface area contributed by atoms with Crippen LogP contribution in [0.5, 0.6) is 0 Å². The molecule has 1 aromatic carbocycles. The molecule has 0 fully saturated rings. The molecule has 0 radical (unpaired) electrons. The molecule has 1 N–H and O–H groups in total. The summed E-state index contributed by atoms with van der Waals surface area (Å²) in [5.74, 6) is -3.89. The van der Waals surface area contributed by atoms with E-state index in [1.54, 1.807) is 13.8 Å². The first-order valence-corrected chi connectivity index (χ1v) is 5.71. The Morgan fingerprint density at radius 3 is 2.16 bits per heavy atom. The number of hydrogen-bond acceptors (Lipinski definition) is 3. The molecule has 1 aromatic rings. The molecule has 1 rings (SSSR count). The van der Waals surface area contributed by atoms with Gasteiger partial charge < -0.3 is 10.1 Å². The zero-order chi connectivity index (χ0) is 14.6. The molecule has 19 heavy (non-hydrogen) atoms. The lowest BCUT2D eigenvalue weighted by Gasteiger charge is -2.20. The highest BCUT2D eigenvalue weighted by molar-refractivity contribution is 5.97. The van der Waals surface area contributed by atoms with Gasteiger partial charge in [-0.2, -0.15) is 0 Å². The van der Waals surface area contributed by atoms with Crippen LogP contribution in [-0.4, -0.2) is 25.0 Å². The molecule has 0 aliphatic heterocycles. The second-order valence-electron chi connectivity index (χ2n) is 4.31. The summed E-state index contributed by atoms with van der Waals surface area (Å²) in [5.41, 5.74) is -0.711. The maximum Gasteiger partial charge on any atom is 0.328 e. The average molecular weight is 271 g/mol. The Bertz CT molecular complexity index is 469. The first-order valence-electron chi connectivity index (χ1n) is 5.71. The van der Waals surface area contributed by atoms with Crippen molar-refractivity contribution in [1.29, 1.82) is 0 Å². The van der Waals surface area contributed by atoms with Crippen molar-refractivity contribution in [1.82, 2.24) is 5.32 Å². The largest absolute Gasteiger partial charge is 0.467 e. The van der Waals surface area contributed by atoms with Gasteiger partial charge in [-0.25, -0.2) is 13.6 Å². The fourth-order valence-corrected chi connectivity index (χ4v) is 1.55. The van der Waals surface area contributed by atoms with Gasteiger partial charge in [0.2, 0.25) is 0 Å². The van der Waals surface area contributed by atoms with Crippen molar-refractivity contribution >= 4 is 11.9 Å². The molecule has 0 unspecified atom stereocenters. The predicted molar refractivity (Wildman–Crippen MR) is 64.5 cm³/mol. The van der Waals surface area contributed by atoms with Gasteiger partial charge >= 0.3 is 5.97 Å². The Morgan fingerprint density at radius 1 is 1.21 bits per heavy atom. The summed E-state index contributed by atoms with van der Waals surface area (Å²) in [5, 5.41) is 2.27. The topological polar surface area (TPSA) is 55.4 Å². The molecule has 0 aromatic heterocycles. The van der Waals surface area contributed by atoms with E-state index in [1.807, 2.05) is 0 Å². The summed E-state index contributed by atoms with van der Waals surface area (Å²) in [6.45, 7) is 3.36. The third kappa shape index (κ3) is 3.49.